The van der Waals surface area contributed by atoms with Crippen LogP contribution in [-0.2, 0) is 9.53 Å². The molecule has 0 aliphatic heterocycles. The minimum absolute atomic E-state index is 0.150. The molecule has 4 heteroatoms. The van der Waals surface area contributed by atoms with E-state index in [-0.39, 0.29) is 11.4 Å². The van der Waals surface area contributed by atoms with Gasteiger partial charge in [-0.25, -0.2) is 4.79 Å². The zero-order chi connectivity index (χ0) is 14.8. The molecule has 20 heavy (non-hydrogen) atoms. The van der Waals surface area contributed by atoms with Gasteiger partial charge in [0.2, 0.25) is 0 Å². The highest BCUT2D eigenvalue weighted by atomic mass is 16.5. The Morgan fingerprint density at radius 3 is 2.55 bits per heavy atom. The van der Waals surface area contributed by atoms with E-state index in [0.717, 1.165) is 30.7 Å². The number of hydrogen-bond acceptors (Lipinski definition) is 4. The SMILES string of the molecule is COC(=O)C1(Nc2cccc(OC)c2)CCCC1(C)C. The van der Waals surface area contributed by atoms with Crippen LogP contribution < -0.4 is 10.1 Å². The molecule has 0 aromatic heterocycles. The summed E-state index contributed by atoms with van der Waals surface area (Å²) in [5.41, 5.74) is 0.0572. The number of carbonyl (C=O) groups excluding carboxylic acids is 1. The van der Waals surface area contributed by atoms with E-state index in [1.165, 1.54) is 7.11 Å². The van der Waals surface area contributed by atoms with Gasteiger partial charge in [-0.05, 0) is 36.8 Å². The van der Waals surface area contributed by atoms with Crippen LogP contribution in [0.1, 0.15) is 33.1 Å². The van der Waals surface area contributed by atoms with E-state index in [4.69, 9.17) is 9.47 Å². The first-order chi connectivity index (χ1) is 9.45. The van der Waals surface area contributed by atoms with Gasteiger partial charge in [0.15, 0.2) is 0 Å². The van der Waals surface area contributed by atoms with E-state index in [2.05, 4.69) is 19.2 Å². The van der Waals surface area contributed by atoms with Crippen LogP contribution in [0.4, 0.5) is 5.69 Å². The van der Waals surface area contributed by atoms with Crippen molar-refractivity contribution in [2.24, 2.45) is 5.41 Å². The standard InChI is InChI=1S/C16H23NO3/c1-15(2)9-6-10-16(15,14(18)20-4)17-12-7-5-8-13(11-12)19-3/h5,7-8,11,17H,6,9-10H2,1-4H3. The van der Waals surface area contributed by atoms with E-state index >= 15 is 0 Å². The number of rotatable bonds is 4. The Morgan fingerprint density at radius 1 is 1.25 bits per heavy atom. The number of esters is 1. The van der Waals surface area contributed by atoms with Gasteiger partial charge in [-0.1, -0.05) is 19.9 Å². The number of methoxy groups -OCH3 is 2. The van der Waals surface area contributed by atoms with Crippen molar-refractivity contribution in [3.63, 3.8) is 0 Å². The predicted molar refractivity (Wildman–Crippen MR) is 79.0 cm³/mol. The molecule has 1 unspecified atom stereocenters. The quantitative estimate of drug-likeness (QED) is 0.858. The summed E-state index contributed by atoms with van der Waals surface area (Å²) in [5, 5.41) is 3.42. The second kappa shape index (κ2) is 5.35. The lowest BCUT2D eigenvalue weighted by molar-refractivity contribution is -0.149. The molecular formula is C16H23NO3. The maximum Gasteiger partial charge on any atom is 0.332 e. The van der Waals surface area contributed by atoms with Crippen LogP contribution in [0.2, 0.25) is 0 Å². The van der Waals surface area contributed by atoms with Crippen molar-refractivity contribution < 1.29 is 14.3 Å². The fourth-order valence-electron chi connectivity index (χ4n) is 3.13. The molecule has 1 aromatic carbocycles. The number of anilines is 1. The van der Waals surface area contributed by atoms with Crippen LogP contribution in [0.25, 0.3) is 0 Å². The van der Waals surface area contributed by atoms with Gasteiger partial charge in [-0.3, -0.25) is 0 Å². The Labute approximate surface area is 120 Å². The first-order valence-electron chi connectivity index (χ1n) is 6.96. The van der Waals surface area contributed by atoms with E-state index in [0.29, 0.717) is 0 Å². The molecule has 1 fully saturated rings. The van der Waals surface area contributed by atoms with Crippen LogP contribution in [0.3, 0.4) is 0 Å². The Kier molecular flexibility index (Phi) is 3.93. The van der Waals surface area contributed by atoms with Crippen molar-refractivity contribution in [2.45, 2.75) is 38.6 Å². The van der Waals surface area contributed by atoms with Gasteiger partial charge >= 0.3 is 5.97 Å². The molecule has 0 radical (unpaired) electrons. The summed E-state index contributed by atoms with van der Waals surface area (Å²) in [6.07, 6.45) is 2.79. The van der Waals surface area contributed by atoms with Crippen molar-refractivity contribution >= 4 is 11.7 Å². The van der Waals surface area contributed by atoms with Crippen molar-refractivity contribution in [2.75, 3.05) is 19.5 Å². The summed E-state index contributed by atoms with van der Waals surface area (Å²) in [6, 6.07) is 7.64. The Balaban J connectivity index is 2.36. The predicted octanol–water partition coefficient (Wildman–Crippen LogP) is 3.23. The molecular weight excluding hydrogens is 254 g/mol. The van der Waals surface area contributed by atoms with Crippen molar-refractivity contribution in [3.05, 3.63) is 24.3 Å². The molecule has 4 nitrogen and oxygen atoms in total. The number of nitrogens with one attached hydrogen (secondary N) is 1. The largest absolute Gasteiger partial charge is 0.497 e. The fraction of sp³-hybridized carbons (Fsp3) is 0.562. The summed E-state index contributed by atoms with van der Waals surface area (Å²) < 4.78 is 10.3. The molecule has 110 valence electrons. The van der Waals surface area contributed by atoms with Crippen LogP contribution in [0.5, 0.6) is 5.75 Å². The summed E-state index contributed by atoms with van der Waals surface area (Å²) in [5.74, 6) is 0.577. The van der Waals surface area contributed by atoms with E-state index in [1.54, 1.807) is 7.11 Å². The number of hydrogen-bond donors (Lipinski definition) is 1. The average molecular weight is 277 g/mol. The summed E-state index contributed by atoms with van der Waals surface area (Å²) in [4.78, 5) is 12.4. The van der Waals surface area contributed by atoms with Crippen LogP contribution >= 0.6 is 0 Å². The molecule has 1 saturated carbocycles. The second-order valence-corrected chi connectivity index (χ2v) is 5.99. The van der Waals surface area contributed by atoms with Gasteiger partial charge in [0, 0.05) is 11.8 Å². The Morgan fingerprint density at radius 2 is 2.00 bits per heavy atom. The van der Waals surface area contributed by atoms with Gasteiger partial charge in [-0.2, -0.15) is 0 Å². The lowest BCUT2D eigenvalue weighted by Gasteiger charge is -2.40. The molecule has 0 spiro atoms. The third-order valence-corrected chi connectivity index (χ3v) is 4.47. The zero-order valence-electron chi connectivity index (χ0n) is 12.7. The monoisotopic (exact) mass is 277 g/mol. The Hall–Kier alpha value is -1.71. The summed E-state index contributed by atoms with van der Waals surface area (Å²) in [6.45, 7) is 4.23. The van der Waals surface area contributed by atoms with Crippen molar-refractivity contribution in [3.8, 4) is 5.75 Å². The van der Waals surface area contributed by atoms with Crippen LogP contribution in [-0.4, -0.2) is 25.7 Å². The highest BCUT2D eigenvalue weighted by molar-refractivity contribution is 5.86. The highest BCUT2D eigenvalue weighted by Gasteiger charge is 2.55. The summed E-state index contributed by atoms with van der Waals surface area (Å²) in [7, 11) is 3.08. The molecule has 2 rings (SSSR count). The lowest BCUT2D eigenvalue weighted by atomic mass is 9.74. The molecule has 0 bridgehead atoms. The molecule has 0 saturated heterocycles. The third-order valence-electron chi connectivity index (χ3n) is 4.47. The van der Waals surface area contributed by atoms with Gasteiger partial charge < -0.3 is 14.8 Å². The van der Waals surface area contributed by atoms with Gasteiger partial charge in [0.1, 0.15) is 11.3 Å². The number of ether oxygens (including phenoxy) is 2. The van der Waals surface area contributed by atoms with Crippen molar-refractivity contribution in [1.82, 2.24) is 0 Å². The minimum atomic E-state index is -0.673. The van der Waals surface area contributed by atoms with Crippen LogP contribution in [0, 0.1) is 5.41 Å². The second-order valence-electron chi connectivity index (χ2n) is 5.99. The summed E-state index contributed by atoms with van der Waals surface area (Å²) >= 11 is 0. The molecule has 1 N–H and O–H groups in total. The van der Waals surface area contributed by atoms with Gasteiger partial charge in [0.25, 0.3) is 0 Å². The normalized spacial score (nSPS) is 24.2. The molecule has 0 amide bonds. The number of carbonyl (C=O) groups is 1. The van der Waals surface area contributed by atoms with Crippen LogP contribution in [0.15, 0.2) is 24.3 Å². The topological polar surface area (TPSA) is 47.6 Å². The average Bonchev–Trinajstić information content (AvgIpc) is 2.74. The molecule has 0 heterocycles. The molecule has 1 atom stereocenters. The first kappa shape index (κ1) is 14.7. The van der Waals surface area contributed by atoms with E-state index in [1.807, 2.05) is 24.3 Å². The minimum Gasteiger partial charge on any atom is -0.497 e. The molecule has 1 aromatic rings. The molecule has 1 aliphatic carbocycles. The fourth-order valence-corrected chi connectivity index (χ4v) is 3.13. The zero-order valence-corrected chi connectivity index (χ0v) is 12.7. The number of benzene rings is 1. The first-order valence-corrected chi connectivity index (χ1v) is 6.96. The van der Waals surface area contributed by atoms with Gasteiger partial charge in [0.05, 0.1) is 14.2 Å². The maximum atomic E-state index is 12.4. The van der Waals surface area contributed by atoms with Crippen molar-refractivity contribution in [1.29, 1.82) is 0 Å². The van der Waals surface area contributed by atoms with Gasteiger partial charge in [-0.15, -0.1) is 0 Å². The highest BCUT2D eigenvalue weighted by Crippen LogP contribution is 2.48. The van der Waals surface area contributed by atoms with E-state index < -0.39 is 5.54 Å². The Bertz CT molecular complexity index is 498. The molecule has 1 aliphatic rings. The third kappa shape index (κ3) is 2.35. The smallest absolute Gasteiger partial charge is 0.332 e. The van der Waals surface area contributed by atoms with E-state index in [9.17, 15) is 4.79 Å². The lowest BCUT2D eigenvalue weighted by Crippen LogP contribution is -2.54. The maximum absolute atomic E-state index is 12.4.